The molecule has 1 aromatic carbocycles. The first-order valence-electron chi connectivity index (χ1n) is 8.06. The highest BCUT2D eigenvalue weighted by Crippen LogP contribution is 2.29. The SMILES string of the molecule is COc1ccccc1C(C)CC(=O)N1CCC(C(=O)N(C)C)C1. The van der Waals surface area contributed by atoms with Crippen molar-refractivity contribution in [2.45, 2.75) is 25.7 Å². The summed E-state index contributed by atoms with van der Waals surface area (Å²) in [5.41, 5.74) is 1.04. The lowest BCUT2D eigenvalue weighted by molar-refractivity contribution is -0.133. The van der Waals surface area contributed by atoms with Crippen molar-refractivity contribution in [3.05, 3.63) is 29.8 Å². The Bertz CT molecular complexity index is 571. The number of carbonyl (C=O) groups excluding carboxylic acids is 2. The number of para-hydroxylation sites is 1. The predicted octanol–water partition coefficient (Wildman–Crippen LogP) is 2.13. The molecule has 5 nitrogen and oxygen atoms in total. The minimum atomic E-state index is -0.0597. The highest BCUT2D eigenvalue weighted by Gasteiger charge is 2.32. The molecule has 0 aromatic heterocycles. The normalized spacial score (nSPS) is 18.6. The molecule has 1 heterocycles. The maximum absolute atomic E-state index is 12.5. The van der Waals surface area contributed by atoms with Crippen molar-refractivity contribution in [3.63, 3.8) is 0 Å². The molecule has 126 valence electrons. The number of methoxy groups -OCH3 is 1. The van der Waals surface area contributed by atoms with E-state index < -0.39 is 0 Å². The molecule has 1 fully saturated rings. The van der Waals surface area contributed by atoms with Crippen LogP contribution in [0, 0.1) is 5.92 Å². The molecule has 0 saturated carbocycles. The first-order chi connectivity index (χ1) is 10.9. The molecular formula is C18H26N2O3. The van der Waals surface area contributed by atoms with Crippen molar-refractivity contribution in [2.24, 2.45) is 5.92 Å². The van der Waals surface area contributed by atoms with Gasteiger partial charge < -0.3 is 14.5 Å². The Morgan fingerprint density at radius 2 is 2.04 bits per heavy atom. The van der Waals surface area contributed by atoms with Crippen LogP contribution in [0.5, 0.6) is 5.75 Å². The third kappa shape index (κ3) is 4.03. The Kier molecular flexibility index (Phi) is 5.64. The molecule has 0 N–H and O–H groups in total. The van der Waals surface area contributed by atoms with E-state index in [1.807, 2.05) is 36.1 Å². The topological polar surface area (TPSA) is 49.9 Å². The van der Waals surface area contributed by atoms with Gasteiger partial charge in [0.15, 0.2) is 0 Å². The average molecular weight is 318 g/mol. The average Bonchev–Trinajstić information content (AvgIpc) is 3.03. The van der Waals surface area contributed by atoms with E-state index in [0.29, 0.717) is 19.5 Å². The minimum Gasteiger partial charge on any atom is -0.496 e. The number of amides is 2. The van der Waals surface area contributed by atoms with Crippen molar-refractivity contribution in [3.8, 4) is 5.75 Å². The fraction of sp³-hybridized carbons (Fsp3) is 0.556. The smallest absolute Gasteiger partial charge is 0.227 e. The molecule has 0 aliphatic carbocycles. The van der Waals surface area contributed by atoms with Gasteiger partial charge in [-0.2, -0.15) is 0 Å². The van der Waals surface area contributed by atoms with E-state index in [1.54, 1.807) is 26.1 Å². The van der Waals surface area contributed by atoms with Crippen LogP contribution in [-0.4, -0.2) is 55.9 Å². The van der Waals surface area contributed by atoms with E-state index in [-0.39, 0.29) is 23.7 Å². The summed E-state index contributed by atoms with van der Waals surface area (Å²) in [5.74, 6) is 1.06. The van der Waals surface area contributed by atoms with Gasteiger partial charge in [0, 0.05) is 33.6 Å². The Hall–Kier alpha value is -2.04. The maximum Gasteiger partial charge on any atom is 0.227 e. The second-order valence-electron chi connectivity index (χ2n) is 6.41. The molecule has 2 amide bonds. The number of nitrogens with zero attached hydrogens (tertiary/aromatic N) is 2. The van der Waals surface area contributed by atoms with Gasteiger partial charge in [-0.1, -0.05) is 25.1 Å². The zero-order chi connectivity index (χ0) is 17.0. The summed E-state index contributed by atoms with van der Waals surface area (Å²) in [7, 11) is 5.17. The first-order valence-corrected chi connectivity index (χ1v) is 8.06. The van der Waals surface area contributed by atoms with E-state index in [0.717, 1.165) is 17.7 Å². The number of ether oxygens (including phenoxy) is 1. The van der Waals surface area contributed by atoms with Gasteiger partial charge in [-0.05, 0) is 24.0 Å². The standard InChI is InChI=1S/C18H26N2O3/c1-13(15-7-5-6-8-16(15)23-4)11-17(21)20-10-9-14(12-20)18(22)19(2)3/h5-8,13-14H,9-12H2,1-4H3. The molecule has 5 heteroatoms. The Labute approximate surface area is 138 Å². The van der Waals surface area contributed by atoms with Gasteiger partial charge >= 0.3 is 0 Å². The molecule has 0 radical (unpaired) electrons. The summed E-state index contributed by atoms with van der Waals surface area (Å²) >= 11 is 0. The number of benzene rings is 1. The number of likely N-dealkylation sites (tertiary alicyclic amines) is 1. The van der Waals surface area contributed by atoms with Crippen LogP contribution in [0.3, 0.4) is 0 Å². The molecule has 0 spiro atoms. The molecule has 1 aromatic rings. The van der Waals surface area contributed by atoms with Crippen LogP contribution in [0.1, 0.15) is 31.2 Å². The maximum atomic E-state index is 12.5. The van der Waals surface area contributed by atoms with Crippen LogP contribution in [0.15, 0.2) is 24.3 Å². The third-order valence-corrected chi connectivity index (χ3v) is 4.48. The lowest BCUT2D eigenvalue weighted by Crippen LogP contribution is -2.34. The van der Waals surface area contributed by atoms with Crippen molar-refractivity contribution in [2.75, 3.05) is 34.3 Å². The van der Waals surface area contributed by atoms with Crippen LogP contribution in [0.4, 0.5) is 0 Å². The summed E-state index contributed by atoms with van der Waals surface area (Å²) in [4.78, 5) is 28.0. The Balaban J connectivity index is 1.96. The number of hydrogen-bond donors (Lipinski definition) is 0. The molecule has 1 saturated heterocycles. The lowest BCUT2D eigenvalue weighted by atomic mass is 9.96. The molecule has 2 rings (SSSR count). The van der Waals surface area contributed by atoms with Gasteiger partial charge in [0.1, 0.15) is 5.75 Å². The van der Waals surface area contributed by atoms with E-state index in [2.05, 4.69) is 0 Å². The summed E-state index contributed by atoms with van der Waals surface area (Å²) in [6, 6.07) is 7.80. The Morgan fingerprint density at radius 1 is 1.35 bits per heavy atom. The molecule has 0 bridgehead atoms. The van der Waals surface area contributed by atoms with E-state index >= 15 is 0 Å². The fourth-order valence-electron chi connectivity index (χ4n) is 3.13. The van der Waals surface area contributed by atoms with Crippen molar-refractivity contribution >= 4 is 11.8 Å². The number of carbonyl (C=O) groups is 2. The molecule has 23 heavy (non-hydrogen) atoms. The molecule has 1 aliphatic rings. The largest absolute Gasteiger partial charge is 0.496 e. The highest BCUT2D eigenvalue weighted by atomic mass is 16.5. The third-order valence-electron chi connectivity index (χ3n) is 4.48. The lowest BCUT2D eigenvalue weighted by Gasteiger charge is -2.21. The van der Waals surface area contributed by atoms with Crippen LogP contribution < -0.4 is 4.74 Å². The summed E-state index contributed by atoms with van der Waals surface area (Å²) < 4.78 is 5.37. The Morgan fingerprint density at radius 3 is 2.70 bits per heavy atom. The quantitative estimate of drug-likeness (QED) is 0.835. The zero-order valence-corrected chi connectivity index (χ0v) is 14.4. The molecule has 2 atom stereocenters. The minimum absolute atomic E-state index is 0.0597. The monoisotopic (exact) mass is 318 g/mol. The zero-order valence-electron chi connectivity index (χ0n) is 14.4. The predicted molar refractivity (Wildman–Crippen MR) is 89.4 cm³/mol. The van der Waals surface area contributed by atoms with Gasteiger partial charge in [-0.25, -0.2) is 0 Å². The summed E-state index contributed by atoms with van der Waals surface area (Å²) in [6.07, 6.45) is 1.19. The van der Waals surface area contributed by atoms with Crippen LogP contribution in [-0.2, 0) is 9.59 Å². The van der Waals surface area contributed by atoms with Crippen molar-refractivity contribution in [1.82, 2.24) is 9.80 Å². The molecule has 2 unspecified atom stereocenters. The van der Waals surface area contributed by atoms with E-state index in [1.165, 1.54) is 0 Å². The summed E-state index contributed by atoms with van der Waals surface area (Å²) in [6.45, 7) is 3.24. The van der Waals surface area contributed by atoms with E-state index in [4.69, 9.17) is 4.74 Å². The van der Waals surface area contributed by atoms with Gasteiger partial charge in [0.05, 0.1) is 13.0 Å². The second kappa shape index (κ2) is 7.49. The summed E-state index contributed by atoms with van der Waals surface area (Å²) in [5, 5.41) is 0. The van der Waals surface area contributed by atoms with E-state index in [9.17, 15) is 9.59 Å². The number of rotatable bonds is 5. The van der Waals surface area contributed by atoms with Gasteiger partial charge in [0.2, 0.25) is 11.8 Å². The van der Waals surface area contributed by atoms with Gasteiger partial charge in [-0.3, -0.25) is 9.59 Å². The van der Waals surface area contributed by atoms with Crippen LogP contribution in [0.25, 0.3) is 0 Å². The highest BCUT2D eigenvalue weighted by molar-refractivity contribution is 5.82. The van der Waals surface area contributed by atoms with Crippen LogP contribution >= 0.6 is 0 Å². The van der Waals surface area contributed by atoms with Crippen molar-refractivity contribution < 1.29 is 14.3 Å². The van der Waals surface area contributed by atoms with Crippen molar-refractivity contribution in [1.29, 1.82) is 0 Å². The fourth-order valence-corrected chi connectivity index (χ4v) is 3.13. The van der Waals surface area contributed by atoms with Crippen LogP contribution in [0.2, 0.25) is 0 Å². The molecular weight excluding hydrogens is 292 g/mol. The van der Waals surface area contributed by atoms with Gasteiger partial charge in [0.25, 0.3) is 0 Å². The molecule has 1 aliphatic heterocycles. The number of hydrogen-bond acceptors (Lipinski definition) is 3. The van der Waals surface area contributed by atoms with Gasteiger partial charge in [-0.15, -0.1) is 0 Å². The first kappa shape index (κ1) is 17.3. The second-order valence-corrected chi connectivity index (χ2v) is 6.41.